The highest BCUT2D eigenvalue weighted by molar-refractivity contribution is 5.15. The Morgan fingerprint density at radius 3 is 2.47 bits per heavy atom. The molecule has 1 aromatic heterocycles. The number of hydrogen-bond acceptors (Lipinski definition) is 3. The second-order valence-corrected chi connectivity index (χ2v) is 2.97. The van der Waals surface area contributed by atoms with E-state index < -0.39 is 5.95 Å². The van der Waals surface area contributed by atoms with Crippen LogP contribution in [0.2, 0.25) is 0 Å². The predicted molar refractivity (Wildman–Crippen MR) is 52.8 cm³/mol. The summed E-state index contributed by atoms with van der Waals surface area (Å²) in [5.74, 6) is -0.290. The number of aromatic nitrogens is 2. The van der Waals surface area contributed by atoms with Crippen LogP contribution in [0.4, 0.5) is 4.39 Å². The third-order valence-corrected chi connectivity index (χ3v) is 1.84. The summed E-state index contributed by atoms with van der Waals surface area (Å²) in [7, 11) is 0. The SMILES string of the molecule is Fc1ccc(OCc2ccccc2)nn1. The number of nitrogens with zero attached hydrogens (tertiary/aromatic N) is 2. The lowest BCUT2D eigenvalue weighted by Crippen LogP contribution is -1.98. The summed E-state index contributed by atoms with van der Waals surface area (Å²) in [6.45, 7) is 0.404. The lowest BCUT2D eigenvalue weighted by atomic mass is 10.2. The first-order valence-corrected chi connectivity index (χ1v) is 4.50. The molecule has 1 aromatic carbocycles. The van der Waals surface area contributed by atoms with Gasteiger partial charge in [-0.05, 0) is 5.56 Å². The Morgan fingerprint density at radius 2 is 1.80 bits per heavy atom. The molecule has 0 atom stereocenters. The van der Waals surface area contributed by atoms with E-state index in [2.05, 4.69) is 10.2 Å². The van der Waals surface area contributed by atoms with Gasteiger partial charge in [0.25, 0.3) is 0 Å². The van der Waals surface area contributed by atoms with Gasteiger partial charge < -0.3 is 4.74 Å². The highest BCUT2D eigenvalue weighted by atomic mass is 19.1. The van der Waals surface area contributed by atoms with Crippen LogP contribution in [0, 0.1) is 5.95 Å². The van der Waals surface area contributed by atoms with E-state index in [1.54, 1.807) is 0 Å². The molecule has 1 heterocycles. The van der Waals surface area contributed by atoms with Gasteiger partial charge in [-0.1, -0.05) is 30.3 Å². The Hall–Kier alpha value is -1.97. The lowest BCUT2D eigenvalue weighted by molar-refractivity contribution is 0.288. The van der Waals surface area contributed by atoms with Crippen LogP contribution in [-0.4, -0.2) is 10.2 Å². The zero-order valence-corrected chi connectivity index (χ0v) is 7.93. The number of ether oxygens (including phenoxy) is 1. The summed E-state index contributed by atoms with van der Waals surface area (Å²) in [5, 5.41) is 6.80. The molecule has 2 rings (SSSR count). The van der Waals surface area contributed by atoms with Crippen LogP contribution in [0.25, 0.3) is 0 Å². The molecule has 0 saturated heterocycles. The van der Waals surface area contributed by atoms with Crippen LogP contribution >= 0.6 is 0 Å². The van der Waals surface area contributed by atoms with Crippen molar-refractivity contribution >= 4 is 0 Å². The van der Waals surface area contributed by atoms with Gasteiger partial charge in [0.05, 0.1) is 0 Å². The second-order valence-electron chi connectivity index (χ2n) is 2.97. The van der Waals surface area contributed by atoms with Crippen molar-refractivity contribution in [2.24, 2.45) is 0 Å². The van der Waals surface area contributed by atoms with E-state index in [-0.39, 0.29) is 0 Å². The van der Waals surface area contributed by atoms with Gasteiger partial charge in [0.15, 0.2) is 0 Å². The van der Waals surface area contributed by atoms with Gasteiger partial charge in [-0.3, -0.25) is 0 Å². The Morgan fingerprint density at radius 1 is 1.00 bits per heavy atom. The molecule has 0 aliphatic heterocycles. The van der Waals surface area contributed by atoms with Gasteiger partial charge >= 0.3 is 0 Å². The minimum Gasteiger partial charge on any atom is -0.472 e. The van der Waals surface area contributed by atoms with Crippen LogP contribution in [0.3, 0.4) is 0 Å². The van der Waals surface area contributed by atoms with Crippen molar-refractivity contribution in [3.8, 4) is 5.88 Å². The molecule has 0 aliphatic rings. The van der Waals surface area contributed by atoms with Crippen molar-refractivity contribution in [2.75, 3.05) is 0 Å². The topological polar surface area (TPSA) is 35.0 Å². The maximum atomic E-state index is 12.4. The lowest BCUT2D eigenvalue weighted by Gasteiger charge is -2.03. The fraction of sp³-hybridized carbons (Fsp3) is 0.0909. The van der Waals surface area contributed by atoms with Crippen molar-refractivity contribution in [1.82, 2.24) is 10.2 Å². The van der Waals surface area contributed by atoms with Crippen LogP contribution in [0.5, 0.6) is 5.88 Å². The monoisotopic (exact) mass is 204 g/mol. The molecule has 0 unspecified atom stereocenters. The second kappa shape index (κ2) is 4.50. The molecular formula is C11H9FN2O. The van der Waals surface area contributed by atoms with E-state index in [0.29, 0.717) is 12.5 Å². The molecule has 0 bridgehead atoms. The van der Waals surface area contributed by atoms with Gasteiger partial charge in [0.1, 0.15) is 6.61 Å². The fourth-order valence-electron chi connectivity index (χ4n) is 1.11. The van der Waals surface area contributed by atoms with Crippen molar-refractivity contribution in [3.63, 3.8) is 0 Å². The van der Waals surface area contributed by atoms with E-state index in [1.165, 1.54) is 12.1 Å². The van der Waals surface area contributed by atoms with Gasteiger partial charge in [0, 0.05) is 12.1 Å². The maximum Gasteiger partial charge on any atom is 0.233 e. The summed E-state index contributed by atoms with van der Waals surface area (Å²) in [6, 6.07) is 12.3. The average molecular weight is 204 g/mol. The Bertz CT molecular complexity index is 416. The summed E-state index contributed by atoms with van der Waals surface area (Å²) in [6.07, 6.45) is 0. The smallest absolute Gasteiger partial charge is 0.233 e. The van der Waals surface area contributed by atoms with E-state index in [4.69, 9.17) is 4.74 Å². The molecule has 0 aliphatic carbocycles. The fourth-order valence-corrected chi connectivity index (χ4v) is 1.11. The number of hydrogen-bond donors (Lipinski definition) is 0. The van der Waals surface area contributed by atoms with E-state index >= 15 is 0 Å². The summed E-state index contributed by atoms with van der Waals surface area (Å²) < 4.78 is 17.7. The molecule has 0 amide bonds. The number of rotatable bonds is 3. The van der Waals surface area contributed by atoms with Crippen LogP contribution in [0.1, 0.15) is 5.56 Å². The highest BCUT2D eigenvalue weighted by Gasteiger charge is 1.97. The number of benzene rings is 1. The van der Waals surface area contributed by atoms with Crippen molar-refractivity contribution in [1.29, 1.82) is 0 Å². The third-order valence-electron chi connectivity index (χ3n) is 1.84. The molecule has 3 nitrogen and oxygen atoms in total. The van der Waals surface area contributed by atoms with E-state index in [9.17, 15) is 4.39 Å². The van der Waals surface area contributed by atoms with Crippen molar-refractivity contribution in [2.45, 2.75) is 6.61 Å². The minimum absolute atomic E-state index is 0.320. The number of halogens is 1. The van der Waals surface area contributed by atoms with E-state index in [0.717, 1.165) is 5.56 Å². The first-order chi connectivity index (χ1) is 7.34. The maximum absolute atomic E-state index is 12.4. The molecule has 15 heavy (non-hydrogen) atoms. The molecule has 0 saturated carbocycles. The van der Waals surface area contributed by atoms with Crippen LogP contribution in [0.15, 0.2) is 42.5 Å². The van der Waals surface area contributed by atoms with Gasteiger partial charge in [-0.2, -0.15) is 4.39 Å². The molecule has 0 radical (unpaired) electrons. The molecule has 0 spiro atoms. The molecular weight excluding hydrogens is 195 g/mol. The Balaban J connectivity index is 1.96. The standard InChI is InChI=1S/C11H9FN2O/c12-10-6-7-11(14-13-10)15-8-9-4-2-1-3-5-9/h1-7H,8H2. The third kappa shape index (κ3) is 2.74. The predicted octanol–water partition coefficient (Wildman–Crippen LogP) is 2.19. The average Bonchev–Trinajstić information content (AvgIpc) is 2.30. The van der Waals surface area contributed by atoms with Gasteiger partial charge in [-0.15, -0.1) is 10.2 Å². The first-order valence-electron chi connectivity index (χ1n) is 4.50. The van der Waals surface area contributed by atoms with Crippen LogP contribution in [-0.2, 0) is 6.61 Å². The van der Waals surface area contributed by atoms with Gasteiger partial charge in [-0.25, -0.2) is 0 Å². The minimum atomic E-state index is -0.609. The first kappa shape index (κ1) is 9.58. The Kier molecular flexibility index (Phi) is 2.88. The molecule has 0 fully saturated rings. The summed E-state index contributed by atoms with van der Waals surface area (Å²) >= 11 is 0. The Labute approximate surface area is 86.5 Å². The largest absolute Gasteiger partial charge is 0.472 e. The summed E-state index contributed by atoms with van der Waals surface area (Å²) in [5.41, 5.74) is 1.03. The van der Waals surface area contributed by atoms with Crippen LogP contribution < -0.4 is 4.74 Å². The zero-order chi connectivity index (χ0) is 10.5. The quantitative estimate of drug-likeness (QED) is 0.768. The van der Waals surface area contributed by atoms with E-state index in [1.807, 2.05) is 30.3 Å². The molecule has 4 heteroatoms. The van der Waals surface area contributed by atoms with Gasteiger partial charge in [0.2, 0.25) is 11.8 Å². The molecule has 0 N–H and O–H groups in total. The van der Waals surface area contributed by atoms with Crippen molar-refractivity contribution < 1.29 is 9.13 Å². The normalized spacial score (nSPS) is 9.93. The summed E-state index contributed by atoms with van der Waals surface area (Å²) in [4.78, 5) is 0. The van der Waals surface area contributed by atoms with Crippen molar-refractivity contribution in [3.05, 3.63) is 54.0 Å². The molecule has 76 valence electrons. The zero-order valence-electron chi connectivity index (χ0n) is 7.93. The molecule has 2 aromatic rings. The highest BCUT2D eigenvalue weighted by Crippen LogP contribution is 2.07.